The minimum absolute atomic E-state index is 0.0362. The van der Waals surface area contributed by atoms with E-state index in [2.05, 4.69) is 9.72 Å². The number of nitrogens with zero attached hydrogens (tertiary/aromatic N) is 2. The summed E-state index contributed by atoms with van der Waals surface area (Å²) < 4.78 is 7.01. The van der Waals surface area contributed by atoms with Gasteiger partial charge in [-0.15, -0.1) is 0 Å². The summed E-state index contributed by atoms with van der Waals surface area (Å²) in [5, 5.41) is 0. The molecule has 3 rings (SSSR count). The Bertz CT molecular complexity index is 819. The Labute approximate surface area is 105 Å². The van der Waals surface area contributed by atoms with Crippen molar-refractivity contribution >= 4 is 32.5 Å². The standard InChI is InChI=1S/C12H8N2O3S/c1-17-11(16)7-6-10(15)14-8-4-2-3-5-9(8)18-12(14)13-7/h2-6H,1H3. The molecule has 0 amide bonds. The number of carbonyl (C=O) groups excluding carboxylic acids is 1. The predicted octanol–water partition coefficient (Wildman–Crippen LogP) is 1.70. The quantitative estimate of drug-likeness (QED) is 0.625. The fourth-order valence-electron chi connectivity index (χ4n) is 1.79. The maximum Gasteiger partial charge on any atom is 0.356 e. The van der Waals surface area contributed by atoms with Crippen LogP contribution in [0.4, 0.5) is 0 Å². The molecule has 0 bridgehead atoms. The number of fused-ring (bicyclic) bond motifs is 3. The molecule has 0 saturated heterocycles. The summed E-state index contributed by atoms with van der Waals surface area (Å²) in [5.41, 5.74) is 0.554. The van der Waals surface area contributed by atoms with Crippen molar-refractivity contribution in [3.8, 4) is 0 Å². The molecule has 2 aromatic heterocycles. The third-order valence-corrected chi connectivity index (χ3v) is 3.61. The van der Waals surface area contributed by atoms with Crippen molar-refractivity contribution in [3.63, 3.8) is 0 Å². The highest BCUT2D eigenvalue weighted by atomic mass is 32.1. The second-order valence-electron chi connectivity index (χ2n) is 3.66. The zero-order valence-electron chi connectivity index (χ0n) is 9.41. The largest absolute Gasteiger partial charge is 0.464 e. The fraction of sp³-hybridized carbons (Fsp3) is 0.0833. The summed E-state index contributed by atoms with van der Waals surface area (Å²) in [6.45, 7) is 0. The molecule has 0 aliphatic carbocycles. The van der Waals surface area contributed by atoms with E-state index < -0.39 is 5.97 Å². The van der Waals surface area contributed by atoms with Gasteiger partial charge in [0.15, 0.2) is 10.7 Å². The van der Waals surface area contributed by atoms with Crippen LogP contribution in [0.25, 0.3) is 15.2 Å². The van der Waals surface area contributed by atoms with E-state index in [9.17, 15) is 9.59 Å². The molecule has 90 valence electrons. The van der Waals surface area contributed by atoms with Crippen LogP contribution in [-0.4, -0.2) is 22.5 Å². The van der Waals surface area contributed by atoms with E-state index >= 15 is 0 Å². The maximum absolute atomic E-state index is 12.0. The lowest BCUT2D eigenvalue weighted by molar-refractivity contribution is 0.0594. The van der Waals surface area contributed by atoms with Crippen molar-refractivity contribution in [1.29, 1.82) is 0 Å². The number of aromatic nitrogens is 2. The van der Waals surface area contributed by atoms with Gasteiger partial charge < -0.3 is 4.74 Å². The third kappa shape index (κ3) is 1.50. The third-order valence-electron chi connectivity index (χ3n) is 2.59. The molecular weight excluding hydrogens is 252 g/mol. The number of hydrogen-bond acceptors (Lipinski definition) is 5. The highest BCUT2D eigenvalue weighted by Crippen LogP contribution is 2.23. The molecule has 1 aromatic carbocycles. The minimum Gasteiger partial charge on any atom is -0.464 e. The van der Waals surface area contributed by atoms with Gasteiger partial charge in [0, 0.05) is 6.07 Å². The van der Waals surface area contributed by atoms with Crippen molar-refractivity contribution in [2.24, 2.45) is 0 Å². The second-order valence-corrected chi connectivity index (χ2v) is 4.67. The molecule has 0 unspecified atom stereocenters. The molecule has 0 fully saturated rings. The van der Waals surface area contributed by atoms with Gasteiger partial charge in [0.25, 0.3) is 5.56 Å². The van der Waals surface area contributed by atoms with Crippen molar-refractivity contribution in [1.82, 2.24) is 9.38 Å². The van der Waals surface area contributed by atoms with Gasteiger partial charge >= 0.3 is 5.97 Å². The number of para-hydroxylation sites is 1. The van der Waals surface area contributed by atoms with Crippen LogP contribution in [-0.2, 0) is 4.74 Å². The lowest BCUT2D eigenvalue weighted by Crippen LogP contribution is -2.16. The highest BCUT2D eigenvalue weighted by Gasteiger charge is 2.13. The van der Waals surface area contributed by atoms with E-state index in [0.717, 1.165) is 10.2 Å². The second kappa shape index (κ2) is 3.92. The number of carbonyl (C=O) groups is 1. The van der Waals surface area contributed by atoms with E-state index in [1.54, 1.807) is 0 Å². The van der Waals surface area contributed by atoms with Gasteiger partial charge in [0.1, 0.15) is 0 Å². The fourth-order valence-corrected chi connectivity index (χ4v) is 2.82. The Morgan fingerprint density at radius 1 is 1.39 bits per heavy atom. The van der Waals surface area contributed by atoms with Crippen molar-refractivity contribution < 1.29 is 9.53 Å². The van der Waals surface area contributed by atoms with Gasteiger partial charge in [-0.25, -0.2) is 9.78 Å². The number of hydrogen-bond donors (Lipinski definition) is 0. The van der Waals surface area contributed by atoms with Crippen LogP contribution >= 0.6 is 11.3 Å². The number of ether oxygens (including phenoxy) is 1. The molecule has 0 saturated carbocycles. The first kappa shape index (κ1) is 10.9. The van der Waals surface area contributed by atoms with Gasteiger partial charge in [-0.2, -0.15) is 0 Å². The molecule has 18 heavy (non-hydrogen) atoms. The molecule has 0 aliphatic heterocycles. The number of thiazole rings is 1. The van der Waals surface area contributed by atoms with Crippen LogP contribution in [0.15, 0.2) is 35.1 Å². The minimum atomic E-state index is -0.605. The molecule has 0 atom stereocenters. The van der Waals surface area contributed by atoms with Crippen LogP contribution in [0.3, 0.4) is 0 Å². The number of rotatable bonds is 1. The molecule has 6 heteroatoms. The molecular formula is C12H8N2O3S. The number of methoxy groups -OCH3 is 1. The van der Waals surface area contributed by atoms with Crippen LogP contribution in [0, 0.1) is 0 Å². The van der Waals surface area contributed by atoms with E-state index in [1.165, 1.54) is 28.9 Å². The average Bonchev–Trinajstić information content (AvgIpc) is 2.76. The smallest absolute Gasteiger partial charge is 0.356 e. The summed E-state index contributed by atoms with van der Waals surface area (Å²) in [6.07, 6.45) is 0. The first-order valence-electron chi connectivity index (χ1n) is 5.20. The van der Waals surface area contributed by atoms with Gasteiger partial charge in [-0.1, -0.05) is 23.5 Å². The zero-order chi connectivity index (χ0) is 12.7. The molecule has 3 aromatic rings. The summed E-state index contributed by atoms with van der Waals surface area (Å²) >= 11 is 1.36. The topological polar surface area (TPSA) is 60.7 Å². The molecule has 2 heterocycles. The zero-order valence-corrected chi connectivity index (χ0v) is 10.2. The Hall–Kier alpha value is -2.21. The monoisotopic (exact) mass is 260 g/mol. The van der Waals surface area contributed by atoms with Crippen molar-refractivity contribution in [2.75, 3.05) is 7.11 Å². The molecule has 5 nitrogen and oxygen atoms in total. The number of esters is 1. The van der Waals surface area contributed by atoms with Gasteiger partial charge in [0.05, 0.1) is 17.3 Å². The summed E-state index contributed by atoms with van der Waals surface area (Å²) in [5.74, 6) is -0.605. The summed E-state index contributed by atoms with van der Waals surface area (Å²) in [4.78, 5) is 28.1. The van der Waals surface area contributed by atoms with Crippen LogP contribution in [0.1, 0.15) is 10.5 Å². The average molecular weight is 260 g/mol. The summed E-state index contributed by atoms with van der Waals surface area (Å²) in [6, 6.07) is 8.70. The van der Waals surface area contributed by atoms with E-state index in [-0.39, 0.29) is 11.3 Å². The number of benzene rings is 1. The first-order chi connectivity index (χ1) is 8.70. The normalized spacial score (nSPS) is 10.9. The SMILES string of the molecule is COC(=O)c1cc(=O)n2c(n1)sc1ccccc12. The Morgan fingerprint density at radius 3 is 2.94 bits per heavy atom. The van der Waals surface area contributed by atoms with Crippen molar-refractivity contribution in [3.05, 3.63) is 46.4 Å². The highest BCUT2D eigenvalue weighted by molar-refractivity contribution is 7.23. The van der Waals surface area contributed by atoms with E-state index in [4.69, 9.17) is 0 Å². The van der Waals surface area contributed by atoms with E-state index in [1.807, 2.05) is 24.3 Å². The van der Waals surface area contributed by atoms with Crippen LogP contribution in [0.2, 0.25) is 0 Å². The van der Waals surface area contributed by atoms with Gasteiger partial charge in [0.2, 0.25) is 0 Å². The lowest BCUT2D eigenvalue weighted by atomic mass is 10.3. The van der Waals surface area contributed by atoms with Crippen molar-refractivity contribution in [2.45, 2.75) is 0 Å². The van der Waals surface area contributed by atoms with Crippen LogP contribution < -0.4 is 5.56 Å². The predicted molar refractivity (Wildman–Crippen MR) is 68.2 cm³/mol. The lowest BCUT2D eigenvalue weighted by Gasteiger charge is -1.98. The van der Waals surface area contributed by atoms with Crippen LogP contribution in [0.5, 0.6) is 0 Å². The Balaban J connectivity index is 2.42. The summed E-state index contributed by atoms with van der Waals surface area (Å²) in [7, 11) is 1.26. The first-order valence-corrected chi connectivity index (χ1v) is 6.02. The van der Waals surface area contributed by atoms with Gasteiger partial charge in [-0.05, 0) is 12.1 Å². The molecule has 0 spiro atoms. The Morgan fingerprint density at radius 2 is 2.17 bits per heavy atom. The van der Waals surface area contributed by atoms with Gasteiger partial charge in [-0.3, -0.25) is 9.20 Å². The van der Waals surface area contributed by atoms with E-state index in [0.29, 0.717) is 4.96 Å². The molecule has 0 aliphatic rings. The maximum atomic E-state index is 12.0. The molecule has 0 radical (unpaired) electrons. The Kier molecular flexibility index (Phi) is 2.38. The molecule has 0 N–H and O–H groups in total.